The largest absolute Gasteiger partial charge is 0.363 e. The summed E-state index contributed by atoms with van der Waals surface area (Å²) in [5.41, 5.74) is -0.551. The molecule has 142 valence electrons. The highest BCUT2D eigenvalue weighted by molar-refractivity contribution is 6.23. The van der Waals surface area contributed by atoms with E-state index >= 15 is 0 Å². The molecule has 3 aliphatic rings. The first-order valence-electron chi connectivity index (χ1n) is 8.36. The van der Waals surface area contributed by atoms with Crippen LogP contribution < -0.4 is 10.2 Å². The standard InChI is InChI=1S/C17H14F3N3O4/c18-10-5-8-9(6-12(10)22-4-3-17(19,20)7-22)16(27)23(15(8)26)11-1-2-13(24)21-14(11)25/h5-6,11H,1-4,7H2,(H,21,24,25). The van der Waals surface area contributed by atoms with E-state index in [-0.39, 0.29) is 36.2 Å². The van der Waals surface area contributed by atoms with Crippen molar-refractivity contribution in [3.8, 4) is 0 Å². The molecule has 0 aromatic heterocycles. The van der Waals surface area contributed by atoms with Crippen LogP contribution in [0.5, 0.6) is 0 Å². The summed E-state index contributed by atoms with van der Waals surface area (Å²) in [6.45, 7) is -0.761. The van der Waals surface area contributed by atoms with E-state index < -0.39 is 54.4 Å². The molecule has 0 aliphatic carbocycles. The lowest BCUT2D eigenvalue weighted by Gasteiger charge is -2.27. The van der Waals surface area contributed by atoms with Crippen LogP contribution in [0.1, 0.15) is 40.0 Å². The number of amides is 4. The number of hydrogen-bond acceptors (Lipinski definition) is 5. The number of fused-ring (bicyclic) bond motifs is 1. The highest BCUT2D eigenvalue weighted by atomic mass is 19.3. The zero-order valence-electron chi connectivity index (χ0n) is 13.9. The Morgan fingerprint density at radius 1 is 1.07 bits per heavy atom. The van der Waals surface area contributed by atoms with Gasteiger partial charge in [0.2, 0.25) is 11.8 Å². The SMILES string of the molecule is O=C1CCC(N2C(=O)c3cc(F)c(N4CCC(F)(F)C4)cc3C2=O)C(=O)N1. The van der Waals surface area contributed by atoms with E-state index in [0.29, 0.717) is 4.90 Å². The molecule has 4 amide bonds. The van der Waals surface area contributed by atoms with Crippen molar-refractivity contribution < 1.29 is 32.3 Å². The van der Waals surface area contributed by atoms with Crippen LogP contribution in [0, 0.1) is 5.82 Å². The number of alkyl halides is 2. The maximum Gasteiger partial charge on any atom is 0.266 e. The van der Waals surface area contributed by atoms with Gasteiger partial charge in [0.1, 0.15) is 11.9 Å². The predicted octanol–water partition coefficient (Wildman–Crippen LogP) is 1.07. The molecule has 0 saturated carbocycles. The fraction of sp³-hybridized carbons (Fsp3) is 0.412. The van der Waals surface area contributed by atoms with Crippen LogP contribution in [-0.2, 0) is 9.59 Å². The van der Waals surface area contributed by atoms with Gasteiger partial charge in [-0.1, -0.05) is 0 Å². The van der Waals surface area contributed by atoms with Crippen LogP contribution in [-0.4, -0.2) is 53.6 Å². The Hall–Kier alpha value is -2.91. The number of piperidine rings is 1. The van der Waals surface area contributed by atoms with Crippen molar-refractivity contribution in [3.63, 3.8) is 0 Å². The minimum absolute atomic E-state index is 0.0240. The average Bonchev–Trinajstić information content (AvgIpc) is 3.06. The molecule has 1 unspecified atom stereocenters. The first kappa shape index (κ1) is 17.5. The molecule has 0 radical (unpaired) electrons. The normalized spacial score (nSPS) is 24.5. The molecule has 1 N–H and O–H groups in total. The summed E-state index contributed by atoms with van der Waals surface area (Å²) in [7, 11) is 0. The smallest absolute Gasteiger partial charge is 0.266 e. The maximum absolute atomic E-state index is 14.5. The molecular weight excluding hydrogens is 367 g/mol. The zero-order chi connectivity index (χ0) is 19.5. The monoisotopic (exact) mass is 381 g/mol. The molecule has 10 heteroatoms. The number of halogens is 3. The van der Waals surface area contributed by atoms with Crippen LogP contribution >= 0.6 is 0 Å². The highest BCUT2D eigenvalue weighted by Crippen LogP contribution is 2.36. The quantitative estimate of drug-likeness (QED) is 0.775. The molecule has 3 heterocycles. The molecule has 7 nitrogen and oxygen atoms in total. The van der Waals surface area contributed by atoms with Gasteiger partial charge in [0.05, 0.1) is 23.4 Å². The Morgan fingerprint density at radius 3 is 2.33 bits per heavy atom. The van der Waals surface area contributed by atoms with Crippen molar-refractivity contribution in [1.29, 1.82) is 0 Å². The lowest BCUT2D eigenvalue weighted by Crippen LogP contribution is -2.54. The van der Waals surface area contributed by atoms with E-state index in [1.807, 2.05) is 0 Å². The van der Waals surface area contributed by atoms with Crippen LogP contribution in [0.4, 0.5) is 18.9 Å². The molecule has 2 saturated heterocycles. The van der Waals surface area contributed by atoms with Gasteiger partial charge in [0.15, 0.2) is 0 Å². The number of anilines is 1. The summed E-state index contributed by atoms with van der Waals surface area (Å²) < 4.78 is 41.3. The minimum Gasteiger partial charge on any atom is -0.363 e. The Labute approximate surface area is 151 Å². The number of hydrogen-bond donors (Lipinski definition) is 1. The molecule has 0 spiro atoms. The van der Waals surface area contributed by atoms with Crippen LogP contribution in [0.3, 0.4) is 0 Å². The molecule has 3 aliphatic heterocycles. The summed E-state index contributed by atoms with van der Waals surface area (Å²) in [6.07, 6.45) is -0.491. The van der Waals surface area contributed by atoms with E-state index in [2.05, 4.69) is 5.32 Å². The van der Waals surface area contributed by atoms with E-state index in [4.69, 9.17) is 0 Å². The first-order valence-corrected chi connectivity index (χ1v) is 8.36. The van der Waals surface area contributed by atoms with Gasteiger partial charge in [-0.15, -0.1) is 0 Å². The second-order valence-electron chi connectivity index (χ2n) is 6.82. The van der Waals surface area contributed by atoms with Gasteiger partial charge in [-0.3, -0.25) is 29.4 Å². The summed E-state index contributed by atoms with van der Waals surface area (Å²) in [5.74, 6) is -6.78. The predicted molar refractivity (Wildman–Crippen MR) is 84.8 cm³/mol. The number of nitrogens with zero attached hydrogens (tertiary/aromatic N) is 2. The fourth-order valence-electron chi connectivity index (χ4n) is 3.66. The maximum atomic E-state index is 14.5. The molecular formula is C17H14F3N3O4. The van der Waals surface area contributed by atoms with Gasteiger partial charge in [-0.25, -0.2) is 13.2 Å². The van der Waals surface area contributed by atoms with Gasteiger partial charge in [-0.05, 0) is 18.6 Å². The van der Waals surface area contributed by atoms with E-state index in [9.17, 15) is 32.3 Å². The van der Waals surface area contributed by atoms with Gasteiger partial charge >= 0.3 is 0 Å². The number of rotatable bonds is 2. The number of carbonyl (C=O) groups excluding carboxylic acids is 4. The molecule has 2 fully saturated rings. The van der Waals surface area contributed by atoms with Crippen molar-refractivity contribution in [2.24, 2.45) is 0 Å². The zero-order valence-corrected chi connectivity index (χ0v) is 13.9. The molecule has 1 aromatic carbocycles. The summed E-state index contributed by atoms with van der Waals surface area (Å²) >= 11 is 0. The van der Waals surface area contributed by atoms with Crippen molar-refractivity contribution in [3.05, 3.63) is 29.1 Å². The molecule has 27 heavy (non-hydrogen) atoms. The van der Waals surface area contributed by atoms with Crippen molar-refractivity contribution in [2.45, 2.75) is 31.2 Å². The average molecular weight is 381 g/mol. The third-order valence-corrected chi connectivity index (χ3v) is 5.02. The van der Waals surface area contributed by atoms with Gasteiger partial charge in [0, 0.05) is 19.4 Å². The summed E-state index contributed by atoms with van der Waals surface area (Å²) in [5, 5.41) is 2.06. The number of nitrogens with one attached hydrogen (secondary N) is 1. The Bertz CT molecular complexity index is 902. The highest BCUT2D eigenvalue weighted by Gasteiger charge is 2.46. The van der Waals surface area contributed by atoms with Crippen LogP contribution in [0.15, 0.2) is 12.1 Å². The van der Waals surface area contributed by atoms with E-state index in [1.165, 1.54) is 0 Å². The topological polar surface area (TPSA) is 86.8 Å². The van der Waals surface area contributed by atoms with Crippen LogP contribution in [0.2, 0.25) is 0 Å². The third kappa shape index (κ3) is 2.75. The van der Waals surface area contributed by atoms with Crippen molar-refractivity contribution in [1.82, 2.24) is 10.2 Å². The molecule has 1 atom stereocenters. The number of carbonyl (C=O) groups is 4. The van der Waals surface area contributed by atoms with Crippen LogP contribution in [0.25, 0.3) is 0 Å². The van der Waals surface area contributed by atoms with Gasteiger partial charge in [0.25, 0.3) is 17.7 Å². The van der Waals surface area contributed by atoms with E-state index in [1.54, 1.807) is 0 Å². The number of benzene rings is 1. The van der Waals surface area contributed by atoms with Gasteiger partial charge < -0.3 is 4.90 Å². The summed E-state index contributed by atoms with van der Waals surface area (Å²) in [4.78, 5) is 50.4. The molecule has 4 rings (SSSR count). The van der Waals surface area contributed by atoms with Crippen molar-refractivity contribution in [2.75, 3.05) is 18.0 Å². The Kier molecular flexibility index (Phi) is 3.76. The Morgan fingerprint density at radius 2 is 1.74 bits per heavy atom. The second-order valence-corrected chi connectivity index (χ2v) is 6.82. The number of imide groups is 2. The minimum atomic E-state index is -2.95. The lowest BCUT2D eigenvalue weighted by molar-refractivity contribution is -0.136. The second kappa shape index (κ2) is 5.80. The van der Waals surface area contributed by atoms with Crippen molar-refractivity contribution >= 4 is 29.3 Å². The van der Waals surface area contributed by atoms with E-state index in [0.717, 1.165) is 17.0 Å². The summed E-state index contributed by atoms with van der Waals surface area (Å²) in [6, 6.07) is 0.753. The molecule has 1 aromatic rings. The third-order valence-electron chi connectivity index (χ3n) is 5.02. The first-order chi connectivity index (χ1) is 12.7. The fourth-order valence-corrected chi connectivity index (χ4v) is 3.66. The van der Waals surface area contributed by atoms with Gasteiger partial charge in [-0.2, -0.15) is 0 Å². The Balaban J connectivity index is 1.68. The molecule has 0 bridgehead atoms. The lowest BCUT2D eigenvalue weighted by atomic mass is 10.0.